The second kappa shape index (κ2) is 9.79. The molecule has 0 aliphatic carbocycles. The molecule has 0 fully saturated rings. The first-order valence-corrected chi connectivity index (χ1v) is 16.8. The van der Waals surface area contributed by atoms with Crippen molar-refractivity contribution < 1.29 is 4.57 Å². The molecule has 0 heterocycles. The smallest absolute Gasteiger partial charge is 0.204 e. The first kappa shape index (κ1) is 23.5. The van der Waals surface area contributed by atoms with Crippen molar-refractivity contribution in [2.24, 2.45) is 0 Å². The van der Waals surface area contributed by atoms with Gasteiger partial charge in [-0.05, 0) is 46.7 Å². The second-order valence-electron chi connectivity index (χ2n) is 9.54. The van der Waals surface area contributed by atoms with Crippen LogP contribution in [0.1, 0.15) is 11.2 Å². The van der Waals surface area contributed by atoms with E-state index in [1.807, 2.05) is 60.7 Å². The van der Waals surface area contributed by atoms with Gasteiger partial charge in [0, 0.05) is 16.3 Å². The van der Waals surface area contributed by atoms with Crippen LogP contribution in [0.15, 0.2) is 133 Å². The van der Waals surface area contributed by atoms with Crippen LogP contribution in [-0.2, 0) is 4.57 Å². The second-order valence-corrected chi connectivity index (χ2v) is 16.6. The first-order chi connectivity index (χ1) is 17.0. The fourth-order valence-electron chi connectivity index (χ4n) is 4.83. The Morgan fingerprint density at radius 3 is 1.66 bits per heavy atom. The lowest BCUT2D eigenvalue weighted by Crippen LogP contribution is -2.53. The molecule has 0 saturated carbocycles. The van der Waals surface area contributed by atoms with E-state index in [0.29, 0.717) is 0 Å². The largest absolute Gasteiger partial charge is 0.297 e. The summed E-state index contributed by atoms with van der Waals surface area (Å²) < 4.78 is 15.1. The summed E-state index contributed by atoms with van der Waals surface area (Å²) in [5.74, 6) is 0. The van der Waals surface area contributed by atoms with E-state index in [9.17, 15) is 0 Å². The van der Waals surface area contributed by atoms with Crippen molar-refractivity contribution in [1.29, 1.82) is 0 Å². The van der Waals surface area contributed by atoms with Gasteiger partial charge >= 0.3 is 0 Å². The van der Waals surface area contributed by atoms with Crippen LogP contribution in [-0.4, -0.2) is 8.07 Å². The van der Waals surface area contributed by atoms with Crippen molar-refractivity contribution in [2.45, 2.75) is 18.8 Å². The van der Waals surface area contributed by atoms with Gasteiger partial charge in [0.2, 0.25) is 7.29 Å². The maximum absolute atomic E-state index is 15.1. The van der Waals surface area contributed by atoms with E-state index in [2.05, 4.69) is 91.0 Å². The van der Waals surface area contributed by atoms with Crippen molar-refractivity contribution in [2.75, 3.05) is 0 Å². The monoisotopic (exact) mass is 491 g/mol. The zero-order valence-corrected chi connectivity index (χ0v) is 22.0. The van der Waals surface area contributed by atoms with Crippen molar-refractivity contribution in [3.05, 3.63) is 139 Å². The van der Waals surface area contributed by atoms with Gasteiger partial charge in [0.1, 0.15) is 8.07 Å². The highest BCUT2D eigenvalue weighted by Crippen LogP contribution is 2.44. The van der Waals surface area contributed by atoms with Gasteiger partial charge in [-0.15, -0.1) is 0 Å². The molecule has 0 aliphatic heterocycles. The summed E-state index contributed by atoms with van der Waals surface area (Å²) in [6.45, 7) is 4.74. The van der Waals surface area contributed by atoms with E-state index in [1.165, 1.54) is 21.5 Å². The van der Waals surface area contributed by atoms with E-state index >= 15 is 4.57 Å². The summed E-state index contributed by atoms with van der Waals surface area (Å²) in [5, 5.41) is 9.20. The van der Waals surface area contributed by atoms with Crippen LogP contribution in [0.3, 0.4) is 0 Å². The standard InChI is InChI=1S/C31H30NOPSi/c1-35(2,30-20-10-5-11-21-30)31(27-23-22-25-14-12-13-15-26(25)24-27)32-34(33,28-16-6-3-7-17-28)29-18-8-4-9-19-29/h3-24,31H,1-2H3,(H,32,33). The van der Waals surface area contributed by atoms with Gasteiger partial charge < -0.3 is 0 Å². The van der Waals surface area contributed by atoms with Gasteiger partial charge in [0.25, 0.3) is 0 Å². The number of rotatable bonds is 7. The Bertz CT molecular complexity index is 1430. The van der Waals surface area contributed by atoms with Crippen LogP contribution in [0, 0.1) is 0 Å². The molecule has 0 saturated heterocycles. The summed E-state index contributed by atoms with van der Waals surface area (Å²) in [6, 6.07) is 45.6. The zero-order chi connectivity index (χ0) is 24.3. The zero-order valence-electron chi connectivity index (χ0n) is 20.1. The van der Waals surface area contributed by atoms with Crippen LogP contribution in [0.5, 0.6) is 0 Å². The molecule has 4 heteroatoms. The molecular weight excluding hydrogens is 461 g/mol. The van der Waals surface area contributed by atoms with Crippen molar-refractivity contribution in [3.63, 3.8) is 0 Å². The third kappa shape index (κ3) is 4.68. The van der Waals surface area contributed by atoms with E-state index in [4.69, 9.17) is 0 Å². The quantitative estimate of drug-likeness (QED) is 0.206. The molecule has 1 N–H and O–H groups in total. The molecule has 5 aromatic carbocycles. The highest BCUT2D eigenvalue weighted by Gasteiger charge is 2.40. The van der Waals surface area contributed by atoms with Gasteiger partial charge in [-0.1, -0.05) is 121 Å². The van der Waals surface area contributed by atoms with Crippen molar-refractivity contribution >= 4 is 41.9 Å². The normalized spacial score (nSPS) is 13.0. The van der Waals surface area contributed by atoms with E-state index in [-0.39, 0.29) is 5.67 Å². The molecule has 5 aromatic rings. The highest BCUT2D eigenvalue weighted by molar-refractivity contribution is 7.77. The van der Waals surface area contributed by atoms with Crippen LogP contribution < -0.4 is 20.9 Å². The number of benzene rings is 5. The predicted octanol–water partition coefficient (Wildman–Crippen LogP) is 6.55. The van der Waals surface area contributed by atoms with Gasteiger partial charge in [-0.3, -0.25) is 9.65 Å². The number of hydrogen-bond donors (Lipinski definition) is 1. The third-order valence-corrected chi connectivity index (χ3v) is 13.6. The van der Waals surface area contributed by atoms with Crippen LogP contribution in [0.2, 0.25) is 13.1 Å². The average molecular weight is 492 g/mol. The Morgan fingerprint density at radius 2 is 1.09 bits per heavy atom. The van der Waals surface area contributed by atoms with Gasteiger partial charge in [-0.2, -0.15) is 0 Å². The minimum absolute atomic E-state index is 0.0687. The molecule has 0 amide bonds. The molecule has 35 heavy (non-hydrogen) atoms. The van der Waals surface area contributed by atoms with Gasteiger partial charge in [0.15, 0.2) is 0 Å². The Hall–Kier alpha value is -3.23. The van der Waals surface area contributed by atoms with Gasteiger partial charge in [0.05, 0.1) is 0 Å². The number of hydrogen-bond acceptors (Lipinski definition) is 1. The maximum atomic E-state index is 15.1. The maximum Gasteiger partial charge on any atom is 0.204 e. The molecule has 0 aromatic heterocycles. The Balaban J connectivity index is 1.70. The molecule has 0 spiro atoms. The lowest BCUT2D eigenvalue weighted by Gasteiger charge is -2.37. The minimum atomic E-state index is -3.14. The van der Waals surface area contributed by atoms with Crippen molar-refractivity contribution in [1.82, 2.24) is 5.09 Å². The third-order valence-electron chi connectivity index (χ3n) is 6.90. The summed E-state index contributed by atoms with van der Waals surface area (Å²) in [5.41, 5.74) is 1.11. The first-order valence-electron chi connectivity index (χ1n) is 12.0. The van der Waals surface area contributed by atoms with E-state index < -0.39 is 15.4 Å². The Labute approximate surface area is 209 Å². The number of fused-ring (bicyclic) bond motifs is 1. The molecule has 5 rings (SSSR count). The van der Waals surface area contributed by atoms with Gasteiger partial charge in [-0.25, -0.2) is 0 Å². The summed E-state index contributed by atoms with van der Waals surface area (Å²) in [6.07, 6.45) is 0. The van der Waals surface area contributed by atoms with Crippen LogP contribution >= 0.6 is 7.29 Å². The summed E-state index contributed by atoms with van der Waals surface area (Å²) >= 11 is 0. The molecule has 0 aliphatic rings. The molecule has 0 bridgehead atoms. The van der Waals surface area contributed by atoms with Crippen LogP contribution in [0.25, 0.3) is 10.8 Å². The fourth-order valence-corrected chi connectivity index (χ4v) is 11.4. The molecule has 1 unspecified atom stereocenters. The van der Waals surface area contributed by atoms with E-state index in [0.717, 1.165) is 10.6 Å². The number of nitrogens with one attached hydrogen (secondary N) is 1. The molecular formula is C31H30NOPSi. The molecule has 174 valence electrons. The SMILES string of the molecule is C[Si](C)(c1ccccc1)C(NP(=O)(c1ccccc1)c1ccccc1)c1ccc2ccccc2c1. The molecule has 2 nitrogen and oxygen atoms in total. The van der Waals surface area contributed by atoms with E-state index in [1.54, 1.807) is 0 Å². The average Bonchev–Trinajstić information content (AvgIpc) is 2.92. The topological polar surface area (TPSA) is 29.1 Å². The Kier molecular flexibility index (Phi) is 6.58. The molecule has 1 atom stereocenters. The minimum Gasteiger partial charge on any atom is -0.297 e. The van der Waals surface area contributed by atoms with Crippen LogP contribution in [0.4, 0.5) is 0 Å². The highest BCUT2D eigenvalue weighted by atomic mass is 31.2. The Morgan fingerprint density at radius 1 is 0.600 bits per heavy atom. The summed E-state index contributed by atoms with van der Waals surface area (Å²) in [4.78, 5) is 0. The van der Waals surface area contributed by atoms with Crippen molar-refractivity contribution in [3.8, 4) is 0 Å². The lowest BCUT2D eigenvalue weighted by atomic mass is 10.1. The molecule has 0 radical (unpaired) electrons. The lowest BCUT2D eigenvalue weighted by molar-refractivity contribution is 0.575. The fraction of sp³-hybridized carbons (Fsp3) is 0.0968. The summed E-state index contributed by atoms with van der Waals surface area (Å²) in [7, 11) is -5.33. The predicted molar refractivity (Wildman–Crippen MR) is 153 cm³/mol.